The molecule has 3 heteroatoms. The Bertz CT molecular complexity index is 626. The maximum Gasteiger partial charge on any atom is 0.133 e. The maximum atomic E-state index is 7.46. The Morgan fingerprint density at radius 1 is 1.41 bits per heavy atom. The first kappa shape index (κ1) is 11.7. The Kier molecular flexibility index (Phi) is 3.16. The number of rotatable bonds is 1. The van der Waals surface area contributed by atoms with Gasteiger partial charge in [0.05, 0.1) is 4.88 Å². The number of amidine groups is 1. The molecular weight excluding hydrogens is 228 g/mol. The second-order valence-corrected chi connectivity index (χ2v) is 5.25. The van der Waals surface area contributed by atoms with Crippen molar-refractivity contribution in [2.24, 2.45) is 11.7 Å². The molecule has 3 N–H and O–H groups in total. The second kappa shape index (κ2) is 4.60. The zero-order valence-corrected chi connectivity index (χ0v) is 10.7. The molecule has 1 aromatic heterocycles. The lowest BCUT2D eigenvalue weighted by Gasteiger charge is -1.94. The molecule has 0 saturated carbocycles. The van der Waals surface area contributed by atoms with Crippen LogP contribution in [-0.4, -0.2) is 5.84 Å². The Balaban J connectivity index is 2.58. The van der Waals surface area contributed by atoms with E-state index in [0.29, 0.717) is 5.92 Å². The van der Waals surface area contributed by atoms with Gasteiger partial charge in [-0.1, -0.05) is 31.8 Å². The quantitative estimate of drug-likeness (QED) is 0.450. The fourth-order valence-corrected chi connectivity index (χ4v) is 2.47. The zero-order chi connectivity index (χ0) is 12.4. The number of fused-ring (bicyclic) bond motifs is 1. The van der Waals surface area contributed by atoms with Gasteiger partial charge in [0.1, 0.15) is 5.84 Å². The van der Waals surface area contributed by atoms with Crippen molar-refractivity contribution >= 4 is 27.3 Å². The molecule has 0 spiro atoms. The number of thiophene rings is 1. The summed E-state index contributed by atoms with van der Waals surface area (Å²) in [5, 5.41) is 8.55. The van der Waals surface area contributed by atoms with E-state index >= 15 is 0 Å². The first-order chi connectivity index (χ1) is 8.08. The third kappa shape index (κ3) is 2.48. The number of hydrogen-bond acceptors (Lipinski definition) is 2. The molecule has 0 saturated heterocycles. The molecule has 0 aliphatic carbocycles. The van der Waals surface area contributed by atoms with Gasteiger partial charge in [-0.3, -0.25) is 5.41 Å². The molecule has 0 aliphatic rings. The van der Waals surface area contributed by atoms with Gasteiger partial charge in [0, 0.05) is 21.6 Å². The summed E-state index contributed by atoms with van der Waals surface area (Å²) < 4.78 is 1.13. The van der Waals surface area contributed by atoms with Crippen molar-refractivity contribution in [2.45, 2.75) is 13.8 Å². The Morgan fingerprint density at radius 2 is 2.18 bits per heavy atom. The number of nitrogens with two attached hydrogens (primary N) is 1. The third-order valence-corrected chi connectivity index (χ3v) is 3.46. The van der Waals surface area contributed by atoms with Crippen molar-refractivity contribution < 1.29 is 0 Å². The van der Waals surface area contributed by atoms with E-state index in [0.717, 1.165) is 20.5 Å². The molecule has 0 atom stereocenters. The molecule has 0 aliphatic heterocycles. The second-order valence-electron chi connectivity index (χ2n) is 4.17. The standard InChI is InChI=1S/C14H14N2S/c1-9(2)6-7-10-4-3-5-12-11(10)8-13(17-12)14(15)16/h3-5,8-9H,1-2H3,(H3,15,16). The van der Waals surface area contributed by atoms with Crippen LogP contribution >= 0.6 is 11.3 Å². The topological polar surface area (TPSA) is 49.9 Å². The monoisotopic (exact) mass is 242 g/mol. The van der Waals surface area contributed by atoms with Crippen LogP contribution in [-0.2, 0) is 0 Å². The van der Waals surface area contributed by atoms with Gasteiger partial charge in [0.15, 0.2) is 0 Å². The van der Waals surface area contributed by atoms with Crippen LogP contribution in [0.4, 0.5) is 0 Å². The van der Waals surface area contributed by atoms with Crippen LogP contribution < -0.4 is 5.73 Å². The van der Waals surface area contributed by atoms with E-state index in [1.165, 1.54) is 11.3 Å². The first-order valence-corrected chi connectivity index (χ1v) is 6.28. The summed E-state index contributed by atoms with van der Waals surface area (Å²) in [6.07, 6.45) is 0. The summed E-state index contributed by atoms with van der Waals surface area (Å²) in [5.41, 5.74) is 6.52. The molecule has 0 fully saturated rings. The van der Waals surface area contributed by atoms with Crippen LogP contribution in [0.3, 0.4) is 0 Å². The van der Waals surface area contributed by atoms with E-state index < -0.39 is 0 Å². The summed E-state index contributed by atoms with van der Waals surface area (Å²) in [4.78, 5) is 0.804. The highest BCUT2D eigenvalue weighted by Gasteiger charge is 2.06. The Hall–Kier alpha value is -1.79. The van der Waals surface area contributed by atoms with Crippen LogP contribution in [0, 0.1) is 23.2 Å². The van der Waals surface area contributed by atoms with Crippen molar-refractivity contribution in [2.75, 3.05) is 0 Å². The van der Waals surface area contributed by atoms with Crippen LogP contribution in [0.5, 0.6) is 0 Å². The minimum absolute atomic E-state index is 0.119. The van der Waals surface area contributed by atoms with E-state index in [1.54, 1.807) is 0 Å². The van der Waals surface area contributed by atoms with Crippen LogP contribution in [0.15, 0.2) is 24.3 Å². The van der Waals surface area contributed by atoms with Gasteiger partial charge >= 0.3 is 0 Å². The smallest absolute Gasteiger partial charge is 0.133 e. The van der Waals surface area contributed by atoms with E-state index in [2.05, 4.69) is 25.7 Å². The zero-order valence-electron chi connectivity index (χ0n) is 9.87. The van der Waals surface area contributed by atoms with E-state index in [-0.39, 0.29) is 5.84 Å². The molecular formula is C14H14N2S. The fourth-order valence-electron chi connectivity index (χ4n) is 1.52. The number of hydrogen-bond donors (Lipinski definition) is 2. The SMILES string of the molecule is CC(C)C#Cc1cccc2sc(C(=N)N)cc12. The molecule has 0 radical (unpaired) electrons. The Morgan fingerprint density at radius 3 is 2.82 bits per heavy atom. The molecule has 1 heterocycles. The number of nitrogens with one attached hydrogen (secondary N) is 1. The van der Waals surface area contributed by atoms with Crippen LogP contribution in [0.25, 0.3) is 10.1 Å². The van der Waals surface area contributed by atoms with Gasteiger partial charge in [-0.25, -0.2) is 0 Å². The van der Waals surface area contributed by atoms with Gasteiger partial charge in [-0.2, -0.15) is 0 Å². The lowest BCUT2D eigenvalue weighted by Crippen LogP contribution is -2.08. The summed E-state index contributed by atoms with van der Waals surface area (Å²) in [7, 11) is 0. The van der Waals surface area contributed by atoms with E-state index in [9.17, 15) is 0 Å². The van der Waals surface area contributed by atoms with E-state index in [4.69, 9.17) is 11.1 Å². The molecule has 1 aromatic carbocycles. The van der Waals surface area contributed by atoms with Gasteiger partial charge in [0.25, 0.3) is 0 Å². The van der Waals surface area contributed by atoms with Gasteiger partial charge in [0.2, 0.25) is 0 Å². The Labute approximate surface area is 105 Å². The lowest BCUT2D eigenvalue weighted by atomic mass is 10.1. The fraction of sp³-hybridized carbons (Fsp3) is 0.214. The number of benzene rings is 1. The summed E-state index contributed by atoms with van der Waals surface area (Å²) in [6.45, 7) is 4.14. The minimum Gasteiger partial charge on any atom is -0.383 e. The predicted octanol–water partition coefficient (Wildman–Crippen LogP) is 3.19. The highest BCUT2D eigenvalue weighted by molar-refractivity contribution is 7.20. The first-order valence-electron chi connectivity index (χ1n) is 5.46. The van der Waals surface area contributed by atoms with Crippen LogP contribution in [0.1, 0.15) is 24.3 Å². The largest absolute Gasteiger partial charge is 0.383 e. The van der Waals surface area contributed by atoms with Crippen molar-refractivity contribution in [1.82, 2.24) is 0 Å². The van der Waals surface area contributed by atoms with E-state index in [1.807, 2.05) is 24.3 Å². The van der Waals surface area contributed by atoms with Gasteiger partial charge in [-0.15, -0.1) is 11.3 Å². The third-order valence-electron chi connectivity index (χ3n) is 2.32. The van der Waals surface area contributed by atoms with Gasteiger partial charge < -0.3 is 5.73 Å². The highest BCUT2D eigenvalue weighted by atomic mass is 32.1. The summed E-state index contributed by atoms with van der Waals surface area (Å²) >= 11 is 1.54. The average molecular weight is 242 g/mol. The molecule has 2 rings (SSSR count). The van der Waals surface area contributed by atoms with Crippen molar-refractivity contribution in [3.05, 3.63) is 34.7 Å². The molecule has 2 nitrogen and oxygen atoms in total. The predicted molar refractivity (Wildman–Crippen MR) is 74.6 cm³/mol. The summed E-state index contributed by atoms with van der Waals surface area (Å²) in [6, 6.07) is 7.99. The lowest BCUT2D eigenvalue weighted by molar-refractivity contribution is 0.867. The highest BCUT2D eigenvalue weighted by Crippen LogP contribution is 2.27. The molecule has 0 amide bonds. The molecule has 0 unspecified atom stereocenters. The van der Waals surface area contributed by atoms with Crippen molar-refractivity contribution in [3.63, 3.8) is 0 Å². The molecule has 17 heavy (non-hydrogen) atoms. The van der Waals surface area contributed by atoms with Crippen molar-refractivity contribution in [3.8, 4) is 11.8 Å². The normalized spacial score (nSPS) is 10.3. The van der Waals surface area contributed by atoms with Gasteiger partial charge in [-0.05, 0) is 18.2 Å². The number of nitrogen functional groups attached to an aromatic ring is 1. The molecule has 2 aromatic rings. The average Bonchev–Trinajstić information content (AvgIpc) is 2.70. The maximum absolute atomic E-state index is 7.46. The molecule has 0 bridgehead atoms. The summed E-state index contributed by atoms with van der Waals surface area (Å²) in [5.74, 6) is 6.82. The van der Waals surface area contributed by atoms with Crippen molar-refractivity contribution in [1.29, 1.82) is 5.41 Å². The molecule has 86 valence electrons. The van der Waals surface area contributed by atoms with Crippen LogP contribution in [0.2, 0.25) is 0 Å². The minimum atomic E-state index is 0.119.